The number of amides is 1. The Morgan fingerprint density at radius 1 is 1.03 bits per heavy atom. The van der Waals surface area contributed by atoms with Crippen LogP contribution in [0.1, 0.15) is 23.1 Å². The van der Waals surface area contributed by atoms with Gasteiger partial charge in [0.1, 0.15) is 11.8 Å². The normalized spacial score (nSPS) is 10.2. The van der Waals surface area contributed by atoms with Gasteiger partial charge in [-0.05, 0) is 60.9 Å². The number of ether oxygens (including phenoxy) is 2. The Bertz CT molecular complexity index is 1010. The van der Waals surface area contributed by atoms with Gasteiger partial charge in [0.15, 0.2) is 13.2 Å². The molecule has 0 aromatic heterocycles. The molecule has 0 atom stereocenters. The van der Waals surface area contributed by atoms with Crippen LogP contribution in [0.5, 0.6) is 5.75 Å². The number of esters is 1. The Hall–Kier alpha value is -4.10. The Kier molecular flexibility index (Phi) is 8.82. The average molecular weight is 417 g/mol. The number of nitrogens with zero attached hydrogens (tertiary/aromatic N) is 3. The molecule has 2 aromatic carbocycles. The maximum Gasteiger partial charge on any atom is 0.331 e. The molecule has 0 aliphatic heterocycles. The van der Waals surface area contributed by atoms with Crippen molar-refractivity contribution >= 4 is 23.6 Å². The summed E-state index contributed by atoms with van der Waals surface area (Å²) in [5, 5.41) is 17.4. The quantitative estimate of drug-likeness (QED) is 0.455. The van der Waals surface area contributed by atoms with Gasteiger partial charge < -0.3 is 14.4 Å². The van der Waals surface area contributed by atoms with Gasteiger partial charge in [0.05, 0.1) is 12.5 Å². The summed E-state index contributed by atoms with van der Waals surface area (Å²) >= 11 is 0. The average Bonchev–Trinajstić information content (AvgIpc) is 2.75. The summed E-state index contributed by atoms with van der Waals surface area (Å²) in [7, 11) is 0. The zero-order valence-corrected chi connectivity index (χ0v) is 17.5. The molecule has 0 heterocycles. The summed E-state index contributed by atoms with van der Waals surface area (Å²) in [5.41, 5.74) is 3.39. The second-order valence-electron chi connectivity index (χ2n) is 6.76. The molecule has 0 radical (unpaired) electrons. The molecule has 0 saturated carbocycles. The lowest BCUT2D eigenvalue weighted by atomic mass is 10.1. The minimum atomic E-state index is -0.654. The van der Waals surface area contributed by atoms with Gasteiger partial charge in [0.2, 0.25) is 0 Å². The fourth-order valence-corrected chi connectivity index (χ4v) is 2.88. The lowest BCUT2D eigenvalue weighted by molar-refractivity contribution is -0.142. The van der Waals surface area contributed by atoms with E-state index in [1.54, 1.807) is 30.3 Å². The fourth-order valence-electron chi connectivity index (χ4n) is 2.88. The molecule has 0 aliphatic rings. The minimum absolute atomic E-state index is 0.0386. The number of carbonyl (C=O) groups is 2. The van der Waals surface area contributed by atoms with Gasteiger partial charge in [0, 0.05) is 18.3 Å². The molecule has 0 saturated heterocycles. The Morgan fingerprint density at radius 2 is 1.71 bits per heavy atom. The van der Waals surface area contributed by atoms with Crippen LogP contribution in [0.15, 0.2) is 48.5 Å². The van der Waals surface area contributed by atoms with Crippen LogP contribution in [-0.2, 0) is 14.3 Å². The first-order valence-electron chi connectivity index (χ1n) is 9.63. The second kappa shape index (κ2) is 11.8. The second-order valence-corrected chi connectivity index (χ2v) is 6.76. The molecular weight excluding hydrogens is 394 g/mol. The van der Waals surface area contributed by atoms with E-state index in [2.05, 4.69) is 0 Å². The third-order valence-corrected chi connectivity index (χ3v) is 4.20. The van der Waals surface area contributed by atoms with E-state index in [0.29, 0.717) is 11.4 Å². The zero-order chi connectivity index (χ0) is 22.6. The first-order valence-corrected chi connectivity index (χ1v) is 9.63. The van der Waals surface area contributed by atoms with E-state index < -0.39 is 18.5 Å². The zero-order valence-electron chi connectivity index (χ0n) is 17.5. The molecule has 0 N–H and O–H groups in total. The van der Waals surface area contributed by atoms with E-state index in [1.165, 1.54) is 11.0 Å². The molecule has 158 valence electrons. The highest BCUT2D eigenvalue weighted by atomic mass is 16.5. The van der Waals surface area contributed by atoms with E-state index in [4.69, 9.17) is 20.0 Å². The molecule has 0 aliphatic carbocycles. The van der Waals surface area contributed by atoms with Crippen molar-refractivity contribution in [2.24, 2.45) is 0 Å². The van der Waals surface area contributed by atoms with Crippen LogP contribution in [0, 0.1) is 36.5 Å². The van der Waals surface area contributed by atoms with Crippen molar-refractivity contribution in [3.05, 3.63) is 65.2 Å². The Balaban J connectivity index is 1.96. The van der Waals surface area contributed by atoms with Crippen LogP contribution in [0.3, 0.4) is 0 Å². The van der Waals surface area contributed by atoms with Gasteiger partial charge in [0.25, 0.3) is 5.91 Å². The summed E-state index contributed by atoms with van der Waals surface area (Å²) in [6.45, 7) is 3.60. The molecule has 31 heavy (non-hydrogen) atoms. The van der Waals surface area contributed by atoms with Crippen molar-refractivity contribution in [2.75, 3.05) is 24.7 Å². The maximum absolute atomic E-state index is 12.7. The van der Waals surface area contributed by atoms with Gasteiger partial charge in [-0.15, -0.1) is 0 Å². The number of aryl methyl sites for hydroxylation is 2. The van der Waals surface area contributed by atoms with Gasteiger partial charge >= 0.3 is 5.97 Å². The van der Waals surface area contributed by atoms with Crippen molar-refractivity contribution in [3.63, 3.8) is 0 Å². The van der Waals surface area contributed by atoms with E-state index >= 15 is 0 Å². The fraction of sp³-hybridized carbons (Fsp3) is 0.250. The topological polar surface area (TPSA) is 103 Å². The first kappa shape index (κ1) is 23.2. The Morgan fingerprint density at radius 3 is 2.32 bits per heavy atom. The maximum atomic E-state index is 12.7. The number of anilines is 1. The predicted molar refractivity (Wildman–Crippen MR) is 116 cm³/mol. The molecule has 0 bridgehead atoms. The lowest BCUT2D eigenvalue weighted by Crippen LogP contribution is -2.35. The molecule has 2 aromatic rings. The van der Waals surface area contributed by atoms with E-state index in [0.717, 1.165) is 16.7 Å². The Labute approximate surface area is 181 Å². The first-order chi connectivity index (χ1) is 14.9. The number of hydrogen-bond acceptors (Lipinski definition) is 6. The molecule has 7 heteroatoms. The SMILES string of the molecule is Cc1cc(C)cc(N(CCC#N)C(=O)COC(=O)/C=C/c2ccc(OCC#N)cc2)c1. The summed E-state index contributed by atoms with van der Waals surface area (Å²) < 4.78 is 10.2. The van der Waals surface area contributed by atoms with Crippen molar-refractivity contribution < 1.29 is 19.1 Å². The van der Waals surface area contributed by atoms with E-state index in [1.807, 2.05) is 44.2 Å². The number of hydrogen-bond donors (Lipinski definition) is 0. The van der Waals surface area contributed by atoms with Gasteiger partial charge in [-0.2, -0.15) is 10.5 Å². The van der Waals surface area contributed by atoms with Crippen molar-refractivity contribution in [1.29, 1.82) is 10.5 Å². The highest BCUT2D eigenvalue weighted by Gasteiger charge is 2.17. The highest BCUT2D eigenvalue weighted by Crippen LogP contribution is 2.19. The molecule has 2 rings (SSSR count). The third kappa shape index (κ3) is 7.68. The summed E-state index contributed by atoms with van der Waals surface area (Å²) in [6.07, 6.45) is 2.95. The summed E-state index contributed by atoms with van der Waals surface area (Å²) in [4.78, 5) is 26.1. The van der Waals surface area contributed by atoms with Crippen LogP contribution in [0.2, 0.25) is 0 Å². The van der Waals surface area contributed by atoms with Crippen LogP contribution >= 0.6 is 0 Å². The molecule has 7 nitrogen and oxygen atoms in total. The molecule has 0 spiro atoms. The smallest absolute Gasteiger partial charge is 0.331 e. The minimum Gasteiger partial charge on any atom is -0.479 e. The predicted octanol–water partition coefficient (Wildman–Crippen LogP) is 3.71. The molecule has 0 fully saturated rings. The number of carbonyl (C=O) groups excluding carboxylic acids is 2. The van der Waals surface area contributed by atoms with E-state index in [9.17, 15) is 9.59 Å². The van der Waals surface area contributed by atoms with Crippen LogP contribution in [-0.4, -0.2) is 31.6 Å². The van der Waals surface area contributed by atoms with Gasteiger partial charge in [-0.1, -0.05) is 18.2 Å². The monoisotopic (exact) mass is 417 g/mol. The molecule has 1 amide bonds. The van der Waals surface area contributed by atoms with Crippen molar-refractivity contribution in [2.45, 2.75) is 20.3 Å². The lowest BCUT2D eigenvalue weighted by Gasteiger charge is -2.22. The van der Waals surface area contributed by atoms with Gasteiger partial charge in [-0.3, -0.25) is 4.79 Å². The van der Waals surface area contributed by atoms with Crippen LogP contribution in [0.25, 0.3) is 6.08 Å². The summed E-state index contributed by atoms with van der Waals surface area (Å²) in [6, 6.07) is 16.4. The number of nitriles is 2. The van der Waals surface area contributed by atoms with Crippen molar-refractivity contribution in [1.82, 2.24) is 0 Å². The third-order valence-electron chi connectivity index (χ3n) is 4.20. The number of rotatable bonds is 9. The summed E-state index contributed by atoms with van der Waals surface area (Å²) in [5.74, 6) is -0.504. The largest absolute Gasteiger partial charge is 0.479 e. The molecule has 0 unspecified atom stereocenters. The standard InChI is InChI=1S/C24H23N3O4/c1-18-14-19(2)16-21(15-18)27(12-3-10-25)23(28)17-31-24(29)9-6-20-4-7-22(8-5-20)30-13-11-26/h4-9,14-16H,3,12-13,17H2,1-2H3/b9-6+. The number of benzene rings is 2. The van der Waals surface area contributed by atoms with Crippen LogP contribution in [0.4, 0.5) is 5.69 Å². The van der Waals surface area contributed by atoms with Gasteiger partial charge in [-0.25, -0.2) is 4.79 Å². The van der Waals surface area contributed by atoms with Crippen LogP contribution < -0.4 is 9.64 Å². The van der Waals surface area contributed by atoms with E-state index in [-0.39, 0.29) is 19.6 Å². The molecular formula is C24H23N3O4. The highest BCUT2D eigenvalue weighted by molar-refractivity contribution is 5.96. The van der Waals surface area contributed by atoms with Crippen molar-refractivity contribution in [3.8, 4) is 17.9 Å².